The maximum absolute atomic E-state index is 12.9. The average Bonchev–Trinajstić information content (AvgIpc) is 3.07. The van der Waals surface area contributed by atoms with Gasteiger partial charge in [0.15, 0.2) is 0 Å². The van der Waals surface area contributed by atoms with Crippen molar-refractivity contribution in [2.24, 2.45) is 23.7 Å². The Labute approximate surface area is 166 Å². The van der Waals surface area contributed by atoms with Crippen LogP contribution in [0.3, 0.4) is 0 Å². The first kappa shape index (κ1) is 17.8. The predicted octanol–water partition coefficient (Wildman–Crippen LogP) is 3.30. The lowest BCUT2D eigenvalue weighted by molar-refractivity contribution is -0.390. The molecular weight excluding hydrogens is 378 g/mol. The van der Waals surface area contributed by atoms with E-state index in [1.165, 1.54) is 32.1 Å². The van der Waals surface area contributed by atoms with E-state index in [0.29, 0.717) is 42.7 Å². The second kappa shape index (κ2) is 6.01. The number of piperidine rings is 1. The van der Waals surface area contributed by atoms with Gasteiger partial charge in [-0.1, -0.05) is 18.2 Å². The number of ether oxygens (including phenoxy) is 1. The van der Waals surface area contributed by atoms with E-state index in [-0.39, 0.29) is 0 Å². The van der Waals surface area contributed by atoms with Gasteiger partial charge in [0.1, 0.15) is 0 Å². The summed E-state index contributed by atoms with van der Waals surface area (Å²) in [6.07, 6.45) is 7.12. The molecule has 28 heavy (non-hydrogen) atoms. The number of hydrogen-bond acceptors (Lipinski definition) is 5. The molecule has 0 atom stereocenters. The van der Waals surface area contributed by atoms with Crippen LogP contribution in [0.1, 0.15) is 44.9 Å². The molecule has 4 aliphatic carbocycles. The van der Waals surface area contributed by atoms with Gasteiger partial charge in [0, 0.05) is 37.8 Å². The summed E-state index contributed by atoms with van der Waals surface area (Å²) in [5.41, 5.74) is 0. The lowest BCUT2D eigenvalue weighted by Crippen LogP contribution is -2.59. The number of hydrogen-bond donors (Lipinski definition) is 0. The average molecular weight is 406 g/mol. The molecule has 1 aromatic rings. The third kappa shape index (κ3) is 2.50. The molecule has 4 saturated carbocycles. The minimum atomic E-state index is -3.48. The molecule has 1 aromatic carbocycles. The van der Waals surface area contributed by atoms with Crippen molar-refractivity contribution in [1.29, 1.82) is 0 Å². The van der Waals surface area contributed by atoms with Gasteiger partial charge in [0.05, 0.1) is 4.90 Å². The van der Waals surface area contributed by atoms with Crippen LogP contribution in [0.4, 0.5) is 0 Å². The number of rotatable bonds is 2. The molecule has 7 rings (SSSR count). The number of nitrogens with zero attached hydrogens (tertiary/aromatic N) is 1. The summed E-state index contributed by atoms with van der Waals surface area (Å²) in [4.78, 5) is 12.3. The molecule has 0 radical (unpaired) electrons. The van der Waals surface area contributed by atoms with Crippen LogP contribution in [0.25, 0.3) is 0 Å². The molecule has 4 bridgehead atoms. The Hall–Kier alpha value is -0.990. The third-order valence-electron chi connectivity index (χ3n) is 7.81. The van der Waals surface area contributed by atoms with E-state index < -0.39 is 21.6 Å². The summed E-state index contributed by atoms with van der Waals surface area (Å²) in [6, 6.07) is 8.63. The highest BCUT2D eigenvalue weighted by Crippen LogP contribution is 2.63. The molecule has 0 N–H and O–H groups in total. The monoisotopic (exact) mass is 405 g/mol. The van der Waals surface area contributed by atoms with Crippen LogP contribution in [0.15, 0.2) is 35.2 Å². The molecular formula is C21H27NO5S. The molecule has 152 valence electrons. The largest absolute Gasteiger partial charge is 0.312 e. The third-order valence-corrected chi connectivity index (χ3v) is 9.72. The highest BCUT2D eigenvalue weighted by Gasteiger charge is 2.67. The van der Waals surface area contributed by atoms with Crippen LogP contribution in [0.5, 0.6) is 0 Å². The molecule has 2 saturated heterocycles. The second-order valence-electron chi connectivity index (χ2n) is 9.42. The van der Waals surface area contributed by atoms with E-state index >= 15 is 0 Å². The molecule has 2 heterocycles. The van der Waals surface area contributed by atoms with Crippen LogP contribution in [0, 0.1) is 23.7 Å². The molecule has 6 fully saturated rings. The SMILES string of the molecule is O=S(=O)(c1ccccc1)N1CCC2(CC1)OOC1(O2)C2CC3CC(C2)CC1C3. The fourth-order valence-corrected chi connectivity index (χ4v) is 8.07. The maximum Gasteiger partial charge on any atom is 0.243 e. The molecule has 2 aliphatic heterocycles. The first-order valence-corrected chi connectivity index (χ1v) is 12.1. The second-order valence-corrected chi connectivity index (χ2v) is 11.4. The molecule has 0 aromatic heterocycles. The van der Waals surface area contributed by atoms with E-state index in [1.54, 1.807) is 28.6 Å². The van der Waals surface area contributed by atoms with Gasteiger partial charge in [0.2, 0.25) is 21.6 Å². The van der Waals surface area contributed by atoms with Gasteiger partial charge in [-0.15, -0.1) is 0 Å². The fraction of sp³-hybridized carbons (Fsp3) is 0.714. The summed E-state index contributed by atoms with van der Waals surface area (Å²) in [7, 11) is -3.48. The van der Waals surface area contributed by atoms with Crippen LogP contribution in [-0.2, 0) is 24.5 Å². The molecule has 6 nitrogen and oxygen atoms in total. The van der Waals surface area contributed by atoms with Crippen molar-refractivity contribution in [2.45, 2.75) is 61.4 Å². The molecule has 0 unspecified atom stereocenters. The Morgan fingerprint density at radius 2 is 1.46 bits per heavy atom. The molecule has 0 amide bonds. The van der Waals surface area contributed by atoms with Crippen molar-refractivity contribution < 1.29 is 22.9 Å². The molecule has 7 heteroatoms. The molecule has 6 aliphatic rings. The molecule has 2 spiro atoms. The quantitative estimate of drug-likeness (QED) is 0.707. The van der Waals surface area contributed by atoms with Crippen molar-refractivity contribution in [2.75, 3.05) is 13.1 Å². The normalized spacial score (nSPS) is 41.9. The lowest BCUT2D eigenvalue weighted by Gasteiger charge is -2.57. The highest BCUT2D eigenvalue weighted by molar-refractivity contribution is 7.89. The highest BCUT2D eigenvalue weighted by atomic mass is 32.2. The first-order valence-electron chi connectivity index (χ1n) is 10.6. The van der Waals surface area contributed by atoms with E-state index in [2.05, 4.69) is 0 Å². The smallest absolute Gasteiger partial charge is 0.243 e. The summed E-state index contributed by atoms with van der Waals surface area (Å²) in [5.74, 6) is 1.12. The zero-order chi connectivity index (χ0) is 19.0. The fourth-order valence-electron chi connectivity index (χ4n) is 6.60. The summed E-state index contributed by atoms with van der Waals surface area (Å²) >= 11 is 0. The van der Waals surface area contributed by atoms with Gasteiger partial charge in [-0.3, -0.25) is 0 Å². The van der Waals surface area contributed by atoms with Gasteiger partial charge in [0.25, 0.3) is 0 Å². The van der Waals surface area contributed by atoms with Gasteiger partial charge in [-0.2, -0.15) is 14.1 Å². The van der Waals surface area contributed by atoms with Gasteiger partial charge in [-0.25, -0.2) is 8.42 Å². The zero-order valence-corrected chi connectivity index (χ0v) is 16.8. The summed E-state index contributed by atoms with van der Waals surface area (Å²) in [6.45, 7) is 0.772. The summed E-state index contributed by atoms with van der Waals surface area (Å²) in [5, 5.41) is 0. The van der Waals surface area contributed by atoms with E-state index in [1.807, 2.05) is 6.07 Å². The Kier molecular flexibility index (Phi) is 3.83. The van der Waals surface area contributed by atoms with Crippen LogP contribution in [0.2, 0.25) is 0 Å². The van der Waals surface area contributed by atoms with Crippen molar-refractivity contribution in [1.82, 2.24) is 4.31 Å². The number of sulfonamides is 1. The van der Waals surface area contributed by atoms with Gasteiger partial charge < -0.3 is 4.74 Å². The van der Waals surface area contributed by atoms with Gasteiger partial charge >= 0.3 is 0 Å². The van der Waals surface area contributed by atoms with Gasteiger partial charge in [-0.05, 0) is 56.1 Å². The Morgan fingerprint density at radius 3 is 2.07 bits per heavy atom. The van der Waals surface area contributed by atoms with Crippen LogP contribution in [-0.4, -0.2) is 37.4 Å². The maximum atomic E-state index is 12.9. The van der Waals surface area contributed by atoms with E-state index in [0.717, 1.165) is 11.8 Å². The van der Waals surface area contributed by atoms with E-state index in [4.69, 9.17) is 14.5 Å². The first-order chi connectivity index (χ1) is 13.5. The lowest BCUT2D eigenvalue weighted by atomic mass is 9.53. The van der Waals surface area contributed by atoms with Crippen LogP contribution >= 0.6 is 0 Å². The Bertz CT molecular complexity index is 834. The van der Waals surface area contributed by atoms with Crippen molar-refractivity contribution in [3.63, 3.8) is 0 Å². The Morgan fingerprint density at radius 1 is 0.857 bits per heavy atom. The predicted molar refractivity (Wildman–Crippen MR) is 100 cm³/mol. The minimum absolute atomic E-state index is 0.341. The van der Waals surface area contributed by atoms with E-state index in [9.17, 15) is 8.42 Å². The summed E-state index contributed by atoms with van der Waals surface area (Å²) < 4.78 is 34.0. The number of benzene rings is 1. The van der Waals surface area contributed by atoms with Crippen LogP contribution < -0.4 is 0 Å². The zero-order valence-electron chi connectivity index (χ0n) is 16.0. The Balaban J connectivity index is 1.19. The standard InChI is InChI=1S/C21H27NO5S/c23-28(24,19-4-2-1-3-5-19)22-8-6-20(7-9-22)25-21(27-26-20)17-11-15-10-16(13-17)14-18(21)12-15/h1-5,15-18H,6-14H2. The topological polar surface area (TPSA) is 65.1 Å². The minimum Gasteiger partial charge on any atom is -0.312 e. The van der Waals surface area contributed by atoms with Crippen molar-refractivity contribution in [3.05, 3.63) is 30.3 Å². The van der Waals surface area contributed by atoms with Crippen molar-refractivity contribution in [3.8, 4) is 0 Å². The van der Waals surface area contributed by atoms with Crippen molar-refractivity contribution >= 4 is 10.0 Å².